The molecule has 2 aromatic carbocycles. The highest BCUT2D eigenvalue weighted by molar-refractivity contribution is 5.86. The molecular weight excluding hydrogens is 582 g/mol. The highest BCUT2D eigenvalue weighted by Gasteiger charge is 2.56. The lowest BCUT2D eigenvalue weighted by Gasteiger charge is -2.28. The number of hydrogen-bond acceptors (Lipinski definition) is 11. The minimum Gasteiger partial charge on any atom is -0.493 e. The second-order valence-corrected chi connectivity index (χ2v) is 10.8. The van der Waals surface area contributed by atoms with E-state index in [1.54, 1.807) is 25.3 Å². The van der Waals surface area contributed by atoms with Gasteiger partial charge in [-0.25, -0.2) is 0 Å². The van der Waals surface area contributed by atoms with Crippen molar-refractivity contribution in [3.63, 3.8) is 0 Å². The lowest BCUT2D eigenvalue weighted by atomic mass is 10.1. The van der Waals surface area contributed by atoms with Crippen molar-refractivity contribution in [2.45, 2.75) is 56.8 Å². The van der Waals surface area contributed by atoms with Gasteiger partial charge in [0.25, 0.3) is 0 Å². The molecule has 3 heterocycles. The number of benzene rings is 2. The topological polar surface area (TPSA) is 129 Å². The van der Waals surface area contributed by atoms with E-state index in [1.807, 2.05) is 58.3 Å². The molecule has 43 heavy (non-hydrogen) atoms. The fraction of sp³-hybridized carbons (Fsp3) is 0.516. The lowest BCUT2D eigenvalue weighted by molar-refractivity contribution is -0.231. The molecule has 12 heteroatoms. The van der Waals surface area contributed by atoms with Crippen molar-refractivity contribution in [3.8, 4) is 22.8 Å². The monoisotopic (exact) mass is 623 g/mol. The number of hydrogen-bond donors (Lipinski definition) is 2. The van der Waals surface area contributed by atoms with Crippen LogP contribution in [0.25, 0.3) is 22.3 Å². The van der Waals surface area contributed by atoms with E-state index in [0.717, 1.165) is 18.5 Å². The normalized spacial score (nSPS) is 22.8. The summed E-state index contributed by atoms with van der Waals surface area (Å²) in [5.74, 6) is 0.391. The zero-order chi connectivity index (χ0) is 30.4. The molecule has 1 aromatic heterocycles. The molecule has 0 amide bonds. The van der Waals surface area contributed by atoms with Crippen LogP contribution in [0.3, 0.4) is 0 Å². The van der Waals surface area contributed by atoms with Gasteiger partial charge in [-0.1, -0.05) is 36.4 Å². The van der Waals surface area contributed by atoms with Crippen LogP contribution in [0.15, 0.2) is 57.7 Å². The van der Waals surface area contributed by atoms with Crippen molar-refractivity contribution in [2.75, 3.05) is 48.1 Å². The first-order valence-electron chi connectivity index (χ1n) is 13.9. The fourth-order valence-electron chi connectivity index (χ4n) is 5.01. The van der Waals surface area contributed by atoms with Crippen molar-refractivity contribution in [1.82, 2.24) is 4.90 Å². The highest BCUT2D eigenvalue weighted by Crippen LogP contribution is 2.39. The molecular formula is C31H42ClNO10. The summed E-state index contributed by atoms with van der Waals surface area (Å²) >= 11 is 0. The zero-order valence-corrected chi connectivity index (χ0v) is 26.2. The third kappa shape index (κ3) is 8.05. The van der Waals surface area contributed by atoms with Crippen molar-refractivity contribution < 1.29 is 43.1 Å². The Morgan fingerprint density at radius 3 is 2.37 bits per heavy atom. The van der Waals surface area contributed by atoms with Crippen molar-refractivity contribution in [3.05, 3.63) is 58.8 Å². The molecule has 0 bridgehead atoms. The Morgan fingerprint density at radius 1 is 1.02 bits per heavy atom. The average Bonchev–Trinajstić information content (AvgIpc) is 3.46. The van der Waals surface area contributed by atoms with Gasteiger partial charge in [-0.3, -0.25) is 4.79 Å². The summed E-state index contributed by atoms with van der Waals surface area (Å²) in [6, 6.07) is 14.6. The molecule has 2 aliphatic heterocycles. The summed E-state index contributed by atoms with van der Waals surface area (Å²) in [6.07, 6.45) is -2.17. The van der Waals surface area contributed by atoms with E-state index in [4.69, 9.17) is 37.9 Å². The number of nitrogens with zero attached hydrogens (tertiary/aromatic N) is 1. The Balaban J connectivity index is 0.000000230. The largest absolute Gasteiger partial charge is 0.493 e. The van der Waals surface area contributed by atoms with Crippen LogP contribution in [0.2, 0.25) is 0 Å². The van der Waals surface area contributed by atoms with E-state index in [2.05, 4.69) is 4.90 Å². The number of halogens is 1. The zero-order valence-electron chi connectivity index (χ0n) is 25.3. The molecule has 0 saturated carbocycles. The Morgan fingerprint density at radius 2 is 1.74 bits per heavy atom. The first-order valence-corrected chi connectivity index (χ1v) is 13.9. The number of aliphatic hydroxyl groups is 2. The summed E-state index contributed by atoms with van der Waals surface area (Å²) in [5, 5.41) is 19.5. The maximum Gasteiger partial charge on any atom is 0.235 e. The minimum absolute atomic E-state index is 0. The predicted molar refractivity (Wildman–Crippen MR) is 163 cm³/mol. The number of fused-ring (bicyclic) bond motifs is 2. The molecule has 2 saturated heterocycles. The number of aliphatic hydroxyl groups excluding tert-OH is 2. The van der Waals surface area contributed by atoms with Gasteiger partial charge in [0, 0.05) is 12.2 Å². The molecule has 11 nitrogen and oxygen atoms in total. The van der Waals surface area contributed by atoms with Crippen molar-refractivity contribution in [2.24, 2.45) is 0 Å². The summed E-state index contributed by atoms with van der Waals surface area (Å²) in [7, 11) is 7.01. The number of rotatable bonds is 10. The van der Waals surface area contributed by atoms with Crippen LogP contribution in [-0.2, 0) is 18.9 Å². The quantitative estimate of drug-likeness (QED) is 0.322. The summed E-state index contributed by atoms with van der Waals surface area (Å²) < 4.78 is 39.5. The Bertz CT molecular complexity index is 1370. The van der Waals surface area contributed by atoms with Gasteiger partial charge in [-0.05, 0) is 53.0 Å². The standard InChI is InChI=1S/C17H14O4.C14H27NO6.ClH/c1-19-13-10-6-9-12-14(18)17(20-2)15(21-16(12)13)11-7-4-3-5-8-11;1-14(2)20-12-11(18-7-5-6-15(3)4)10(9(17)8-16)19-13(12)21-14;/h3-10H,1-2H3;9-13,16-17H,5-8H2,1-4H3;1H. The maximum atomic E-state index is 12.6. The van der Waals surface area contributed by atoms with Gasteiger partial charge in [0.05, 0.1) is 26.2 Å². The Kier molecular flexibility index (Phi) is 12.4. The van der Waals surface area contributed by atoms with Crippen LogP contribution in [0.5, 0.6) is 11.5 Å². The molecule has 2 aliphatic rings. The number of para-hydroxylation sites is 1. The maximum absolute atomic E-state index is 12.6. The van der Waals surface area contributed by atoms with Crippen LogP contribution < -0.4 is 14.9 Å². The molecule has 2 fully saturated rings. The lowest BCUT2D eigenvalue weighted by Crippen LogP contribution is -2.44. The molecule has 2 N–H and O–H groups in total. The molecule has 5 unspecified atom stereocenters. The van der Waals surface area contributed by atoms with Crippen LogP contribution in [0.1, 0.15) is 20.3 Å². The van der Waals surface area contributed by atoms with Gasteiger partial charge < -0.3 is 48.0 Å². The van der Waals surface area contributed by atoms with E-state index >= 15 is 0 Å². The third-order valence-electron chi connectivity index (χ3n) is 6.95. The Hall–Kier alpha value is -2.74. The van der Waals surface area contributed by atoms with Crippen molar-refractivity contribution >= 4 is 23.4 Å². The number of ether oxygens (including phenoxy) is 6. The Labute approximate surface area is 257 Å². The number of methoxy groups -OCH3 is 2. The highest BCUT2D eigenvalue weighted by atomic mass is 35.5. The van der Waals surface area contributed by atoms with Gasteiger partial charge >= 0.3 is 0 Å². The van der Waals surface area contributed by atoms with Crippen molar-refractivity contribution in [1.29, 1.82) is 0 Å². The molecule has 238 valence electrons. The molecule has 5 atom stereocenters. The molecule has 0 radical (unpaired) electrons. The minimum atomic E-state index is -1.01. The van der Waals surface area contributed by atoms with Gasteiger partial charge in [0.1, 0.15) is 24.4 Å². The first kappa shape index (κ1) is 34.7. The second kappa shape index (κ2) is 15.3. The van der Waals surface area contributed by atoms with Crippen LogP contribution in [0.4, 0.5) is 0 Å². The molecule has 3 aromatic rings. The summed E-state index contributed by atoms with van der Waals surface area (Å²) in [6.45, 7) is 4.70. The van der Waals surface area contributed by atoms with Crippen LogP contribution in [-0.4, -0.2) is 99.7 Å². The third-order valence-corrected chi connectivity index (χ3v) is 6.95. The SMILES string of the molecule is CN(C)CCCOC1C(C(O)CO)OC2OC(C)(C)OC21.COc1c(-c2ccccc2)oc2c(OC)cccc2c1=O.Cl. The molecule has 0 aliphatic carbocycles. The van der Waals surface area contributed by atoms with Crippen LogP contribution in [0, 0.1) is 0 Å². The van der Waals surface area contributed by atoms with E-state index in [9.17, 15) is 9.90 Å². The molecule has 0 spiro atoms. The van der Waals surface area contributed by atoms with Gasteiger partial charge in [0.2, 0.25) is 11.2 Å². The van der Waals surface area contributed by atoms with Gasteiger partial charge in [0.15, 0.2) is 29.2 Å². The van der Waals surface area contributed by atoms with Gasteiger partial charge in [-0.2, -0.15) is 0 Å². The van der Waals surface area contributed by atoms with Crippen LogP contribution >= 0.6 is 12.4 Å². The molecule has 5 rings (SSSR count). The average molecular weight is 624 g/mol. The summed E-state index contributed by atoms with van der Waals surface area (Å²) in [5.41, 5.74) is 0.986. The van der Waals surface area contributed by atoms with E-state index < -0.39 is 30.4 Å². The fourth-order valence-corrected chi connectivity index (χ4v) is 5.01. The summed E-state index contributed by atoms with van der Waals surface area (Å²) in [4.78, 5) is 14.7. The smallest absolute Gasteiger partial charge is 0.235 e. The second-order valence-electron chi connectivity index (χ2n) is 10.8. The predicted octanol–water partition coefficient (Wildman–Crippen LogP) is 3.45. The van der Waals surface area contributed by atoms with E-state index in [0.29, 0.717) is 29.1 Å². The first-order chi connectivity index (χ1) is 20.1. The van der Waals surface area contributed by atoms with E-state index in [1.165, 1.54) is 7.11 Å². The van der Waals surface area contributed by atoms with E-state index in [-0.39, 0.29) is 36.3 Å². The van der Waals surface area contributed by atoms with Gasteiger partial charge in [-0.15, -0.1) is 12.4 Å².